The van der Waals surface area contributed by atoms with Gasteiger partial charge in [0.15, 0.2) is 0 Å². The summed E-state index contributed by atoms with van der Waals surface area (Å²) in [5.41, 5.74) is 4.07. The fraction of sp³-hybridized carbons (Fsp3) is 0.400. The van der Waals surface area contributed by atoms with Crippen LogP contribution in [0.5, 0.6) is 0 Å². The molecule has 4 nitrogen and oxygen atoms in total. The van der Waals surface area contributed by atoms with Gasteiger partial charge in [-0.15, -0.1) is 0 Å². The van der Waals surface area contributed by atoms with E-state index >= 15 is 0 Å². The summed E-state index contributed by atoms with van der Waals surface area (Å²) in [6, 6.07) is 7.12. The average molecular weight is 421 g/mol. The minimum absolute atomic E-state index is 0.185. The fourth-order valence-corrected chi connectivity index (χ4v) is 4.71. The van der Waals surface area contributed by atoms with Crippen LogP contribution in [-0.2, 0) is 19.5 Å². The molecule has 160 valence electrons. The lowest BCUT2D eigenvalue weighted by molar-refractivity contribution is 0.242. The first-order valence-corrected chi connectivity index (χ1v) is 11.1. The number of pyridine rings is 1. The Balaban J connectivity index is 1.25. The Morgan fingerprint density at radius 2 is 1.84 bits per heavy atom. The molecule has 3 aromatic rings. The van der Waals surface area contributed by atoms with Gasteiger partial charge in [-0.2, -0.15) is 0 Å². The molecule has 1 aliphatic carbocycles. The van der Waals surface area contributed by atoms with Gasteiger partial charge in [-0.05, 0) is 42.7 Å². The summed E-state index contributed by atoms with van der Waals surface area (Å²) in [5, 5.41) is 0. The maximum atomic E-state index is 14.0. The number of hydrogen-bond acceptors (Lipinski definition) is 4. The van der Waals surface area contributed by atoms with E-state index in [1.54, 1.807) is 12.3 Å². The van der Waals surface area contributed by atoms with Gasteiger partial charge in [0.1, 0.15) is 17.5 Å². The quantitative estimate of drug-likeness (QED) is 0.565. The second-order valence-corrected chi connectivity index (χ2v) is 8.67. The average Bonchev–Trinajstić information content (AvgIpc) is 2.81. The van der Waals surface area contributed by atoms with Crippen LogP contribution in [0.15, 0.2) is 42.7 Å². The molecule has 31 heavy (non-hydrogen) atoms. The summed E-state index contributed by atoms with van der Waals surface area (Å²) in [6.07, 6.45) is 11.0. The number of hydrogen-bond donors (Lipinski definition) is 0. The molecule has 2 aromatic heterocycles. The van der Waals surface area contributed by atoms with Crippen molar-refractivity contribution in [3.8, 4) is 11.3 Å². The third kappa shape index (κ3) is 4.49. The third-order valence-corrected chi connectivity index (χ3v) is 6.44. The Bertz CT molecular complexity index is 1060. The van der Waals surface area contributed by atoms with Crippen molar-refractivity contribution in [2.24, 2.45) is 0 Å². The van der Waals surface area contributed by atoms with Crippen molar-refractivity contribution >= 4 is 0 Å². The molecule has 3 heterocycles. The summed E-state index contributed by atoms with van der Waals surface area (Å²) in [6.45, 7) is 2.51. The summed E-state index contributed by atoms with van der Waals surface area (Å²) in [7, 11) is 0. The van der Waals surface area contributed by atoms with E-state index in [9.17, 15) is 8.78 Å². The standard InChI is InChI=1S/C25H26F2N4/c26-20-7-8-22(27)21(12-20)24-9-6-17(13-28-24)15-31-11-10-23-19(16-31)14-29-25(30-23)18-4-2-1-3-5-18/h6-9,12-14,18H,1-5,10-11,15-16H2. The largest absolute Gasteiger partial charge is 0.294 e. The zero-order valence-electron chi connectivity index (χ0n) is 17.5. The Morgan fingerprint density at radius 3 is 2.65 bits per heavy atom. The van der Waals surface area contributed by atoms with Crippen LogP contribution in [0.2, 0.25) is 0 Å². The van der Waals surface area contributed by atoms with Crippen molar-refractivity contribution in [1.82, 2.24) is 19.9 Å². The summed E-state index contributed by atoms with van der Waals surface area (Å²) in [5.74, 6) is 0.630. The molecule has 1 saturated carbocycles. The van der Waals surface area contributed by atoms with Crippen molar-refractivity contribution in [2.75, 3.05) is 6.54 Å². The highest BCUT2D eigenvalue weighted by Gasteiger charge is 2.23. The molecule has 0 N–H and O–H groups in total. The maximum absolute atomic E-state index is 14.0. The van der Waals surface area contributed by atoms with E-state index in [1.807, 2.05) is 12.3 Å². The van der Waals surface area contributed by atoms with Gasteiger partial charge in [0.25, 0.3) is 0 Å². The van der Waals surface area contributed by atoms with E-state index < -0.39 is 11.6 Å². The van der Waals surface area contributed by atoms with Gasteiger partial charge < -0.3 is 0 Å². The molecule has 0 unspecified atom stereocenters. The van der Waals surface area contributed by atoms with Crippen molar-refractivity contribution in [2.45, 2.75) is 57.5 Å². The van der Waals surface area contributed by atoms with Gasteiger partial charge in [-0.25, -0.2) is 18.7 Å². The Hall–Kier alpha value is -2.73. The SMILES string of the molecule is Fc1ccc(F)c(-c2ccc(CN3CCc4nc(C5CCCCC5)ncc4C3)cn2)c1. The second-order valence-electron chi connectivity index (χ2n) is 8.67. The van der Waals surface area contributed by atoms with E-state index in [1.165, 1.54) is 49.4 Å². The van der Waals surface area contributed by atoms with E-state index in [4.69, 9.17) is 9.97 Å². The molecule has 0 radical (unpaired) electrons. The van der Waals surface area contributed by atoms with Crippen LogP contribution >= 0.6 is 0 Å². The van der Waals surface area contributed by atoms with Gasteiger partial charge in [0.05, 0.1) is 5.69 Å². The van der Waals surface area contributed by atoms with Crippen LogP contribution in [0.25, 0.3) is 11.3 Å². The molecule has 1 aromatic carbocycles. The number of aromatic nitrogens is 3. The van der Waals surface area contributed by atoms with Crippen LogP contribution in [0, 0.1) is 11.6 Å². The topological polar surface area (TPSA) is 41.9 Å². The van der Waals surface area contributed by atoms with E-state index in [0.29, 0.717) is 11.6 Å². The number of halogens is 2. The fourth-order valence-electron chi connectivity index (χ4n) is 4.71. The lowest BCUT2D eigenvalue weighted by Crippen LogP contribution is -2.31. The molecule has 5 rings (SSSR count). The van der Waals surface area contributed by atoms with Crippen LogP contribution < -0.4 is 0 Å². The second kappa shape index (κ2) is 8.79. The number of benzene rings is 1. The zero-order valence-corrected chi connectivity index (χ0v) is 17.5. The van der Waals surface area contributed by atoms with Gasteiger partial charge in [-0.3, -0.25) is 9.88 Å². The highest BCUT2D eigenvalue weighted by Crippen LogP contribution is 2.31. The van der Waals surface area contributed by atoms with Crippen molar-refractivity contribution < 1.29 is 8.78 Å². The first-order valence-electron chi connectivity index (χ1n) is 11.1. The summed E-state index contributed by atoms with van der Waals surface area (Å²) < 4.78 is 27.5. The monoisotopic (exact) mass is 420 g/mol. The highest BCUT2D eigenvalue weighted by atomic mass is 19.1. The number of rotatable bonds is 4. The zero-order chi connectivity index (χ0) is 21.2. The normalized spacial score (nSPS) is 17.5. The number of fused-ring (bicyclic) bond motifs is 1. The van der Waals surface area contributed by atoms with Crippen molar-refractivity contribution in [3.63, 3.8) is 0 Å². The van der Waals surface area contributed by atoms with Crippen LogP contribution in [0.3, 0.4) is 0 Å². The Morgan fingerprint density at radius 1 is 0.968 bits per heavy atom. The molecule has 6 heteroatoms. The van der Waals surface area contributed by atoms with Gasteiger partial charge >= 0.3 is 0 Å². The Labute approximate surface area is 181 Å². The first kappa shape index (κ1) is 20.2. The van der Waals surface area contributed by atoms with E-state index in [-0.39, 0.29) is 5.56 Å². The lowest BCUT2D eigenvalue weighted by atomic mass is 9.88. The molecular formula is C25H26F2N4. The van der Waals surface area contributed by atoms with E-state index in [2.05, 4.69) is 9.88 Å². The summed E-state index contributed by atoms with van der Waals surface area (Å²) >= 11 is 0. The van der Waals surface area contributed by atoms with E-state index in [0.717, 1.165) is 49.6 Å². The molecule has 1 fully saturated rings. The minimum atomic E-state index is -0.470. The van der Waals surface area contributed by atoms with Crippen LogP contribution in [-0.4, -0.2) is 26.4 Å². The van der Waals surface area contributed by atoms with Crippen molar-refractivity contribution in [3.05, 3.63) is 77.0 Å². The predicted octanol–water partition coefficient (Wildman–Crippen LogP) is 5.42. The maximum Gasteiger partial charge on any atom is 0.132 e. The van der Waals surface area contributed by atoms with Gasteiger partial charge in [0.2, 0.25) is 0 Å². The van der Waals surface area contributed by atoms with Gasteiger partial charge in [-0.1, -0.05) is 25.3 Å². The smallest absolute Gasteiger partial charge is 0.132 e. The highest BCUT2D eigenvalue weighted by molar-refractivity contribution is 5.59. The Kier molecular flexibility index (Phi) is 5.72. The molecule has 2 aliphatic rings. The lowest BCUT2D eigenvalue weighted by Gasteiger charge is -2.29. The third-order valence-electron chi connectivity index (χ3n) is 6.44. The predicted molar refractivity (Wildman–Crippen MR) is 115 cm³/mol. The summed E-state index contributed by atoms with van der Waals surface area (Å²) in [4.78, 5) is 16.3. The van der Waals surface area contributed by atoms with Gasteiger partial charge in [0, 0.05) is 61.2 Å². The van der Waals surface area contributed by atoms with Crippen LogP contribution in [0.4, 0.5) is 8.78 Å². The van der Waals surface area contributed by atoms with Crippen molar-refractivity contribution in [1.29, 1.82) is 0 Å². The first-order chi connectivity index (χ1) is 15.2. The molecular weight excluding hydrogens is 394 g/mol. The molecule has 1 aliphatic heterocycles. The molecule has 0 saturated heterocycles. The minimum Gasteiger partial charge on any atom is -0.294 e. The number of nitrogens with zero attached hydrogens (tertiary/aromatic N) is 4. The molecule has 0 atom stereocenters. The molecule has 0 spiro atoms. The molecule has 0 bridgehead atoms. The molecule has 0 amide bonds. The van der Waals surface area contributed by atoms with Crippen LogP contribution in [0.1, 0.15) is 60.7 Å².